The number of rotatable bonds is 4. The highest BCUT2D eigenvalue weighted by Gasteiger charge is 2.14. The number of aromatic nitrogens is 1. The van der Waals surface area contributed by atoms with E-state index >= 15 is 0 Å². The van der Waals surface area contributed by atoms with Crippen molar-refractivity contribution >= 4 is 11.3 Å². The van der Waals surface area contributed by atoms with Crippen LogP contribution < -0.4 is 5.32 Å². The summed E-state index contributed by atoms with van der Waals surface area (Å²) in [6.07, 6.45) is 3.74. The highest BCUT2D eigenvalue weighted by molar-refractivity contribution is 7.12. The van der Waals surface area contributed by atoms with Crippen molar-refractivity contribution < 1.29 is 0 Å². The third-order valence-corrected chi connectivity index (χ3v) is 4.21. The molecule has 2 aromatic rings. The van der Waals surface area contributed by atoms with E-state index in [9.17, 15) is 0 Å². The summed E-state index contributed by atoms with van der Waals surface area (Å²) >= 11 is 1.87. The van der Waals surface area contributed by atoms with E-state index < -0.39 is 0 Å². The van der Waals surface area contributed by atoms with E-state index in [1.54, 1.807) is 0 Å². The van der Waals surface area contributed by atoms with Gasteiger partial charge >= 0.3 is 0 Å². The molecule has 2 rings (SSSR count). The molecule has 0 bridgehead atoms. The predicted octanol–water partition coefficient (Wildman–Crippen LogP) is 4.17. The van der Waals surface area contributed by atoms with Crippen LogP contribution in [0.1, 0.15) is 46.8 Å². The molecule has 1 N–H and O–H groups in total. The van der Waals surface area contributed by atoms with Crippen LogP contribution in [-0.4, -0.2) is 4.98 Å². The fraction of sp³-hybridized carbons (Fsp3) is 0.400. The van der Waals surface area contributed by atoms with Crippen LogP contribution in [0.15, 0.2) is 30.6 Å². The van der Waals surface area contributed by atoms with Crippen molar-refractivity contribution in [2.45, 2.75) is 39.8 Å². The van der Waals surface area contributed by atoms with Crippen molar-refractivity contribution in [3.63, 3.8) is 0 Å². The van der Waals surface area contributed by atoms with Crippen molar-refractivity contribution in [1.29, 1.82) is 0 Å². The molecule has 0 spiro atoms. The zero-order chi connectivity index (χ0) is 13.1. The lowest BCUT2D eigenvalue weighted by atomic mass is 10.1. The van der Waals surface area contributed by atoms with E-state index in [4.69, 9.17) is 0 Å². The average Bonchev–Trinajstić information content (AvgIpc) is 2.69. The molecular formula is C15H20N2S. The quantitative estimate of drug-likeness (QED) is 0.892. The molecule has 0 aliphatic carbocycles. The molecule has 18 heavy (non-hydrogen) atoms. The number of aryl methyl sites for hydroxylation is 2. The van der Waals surface area contributed by atoms with Gasteiger partial charge in [0.2, 0.25) is 0 Å². The van der Waals surface area contributed by atoms with Crippen LogP contribution in [0.3, 0.4) is 0 Å². The summed E-state index contributed by atoms with van der Waals surface area (Å²) in [6, 6.07) is 7.06. The fourth-order valence-corrected chi connectivity index (χ4v) is 3.30. The SMILES string of the molecule is Cc1cc(C(C)N[C@@H](C)c2cccnc2)c(C)s1. The van der Waals surface area contributed by atoms with E-state index in [0.717, 1.165) is 0 Å². The van der Waals surface area contributed by atoms with Gasteiger partial charge in [0.25, 0.3) is 0 Å². The van der Waals surface area contributed by atoms with Gasteiger partial charge in [-0.1, -0.05) is 6.07 Å². The van der Waals surface area contributed by atoms with Crippen molar-refractivity contribution in [3.05, 3.63) is 51.5 Å². The molecule has 2 aromatic heterocycles. The second-order valence-electron chi connectivity index (χ2n) is 4.76. The molecule has 2 heterocycles. The lowest BCUT2D eigenvalue weighted by molar-refractivity contribution is 0.493. The van der Waals surface area contributed by atoms with Crippen LogP contribution in [0.25, 0.3) is 0 Å². The second-order valence-corrected chi connectivity index (χ2v) is 6.23. The van der Waals surface area contributed by atoms with Crippen LogP contribution >= 0.6 is 11.3 Å². The Balaban J connectivity index is 2.08. The number of nitrogens with zero attached hydrogens (tertiary/aromatic N) is 1. The Hall–Kier alpha value is -1.19. The standard InChI is InChI=1S/C15H20N2S/c1-10-8-15(13(4)18-10)12(3)17-11(2)14-6-5-7-16-9-14/h5-9,11-12,17H,1-4H3/t11-,12?/m0/s1. The summed E-state index contributed by atoms with van der Waals surface area (Å²) in [4.78, 5) is 6.96. The summed E-state index contributed by atoms with van der Waals surface area (Å²) in [5, 5.41) is 3.63. The monoisotopic (exact) mass is 260 g/mol. The van der Waals surface area contributed by atoms with Crippen LogP contribution in [0.4, 0.5) is 0 Å². The molecule has 3 heteroatoms. The van der Waals surface area contributed by atoms with Crippen molar-refractivity contribution in [2.75, 3.05) is 0 Å². The van der Waals surface area contributed by atoms with E-state index in [-0.39, 0.29) is 0 Å². The highest BCUT2D eigenvalue weighted by atomic mass is 32.1. The van der Waals surface area contributed by atoms with Gasteiger partial charge in [-0.15, -0.1) is 11.3 Å². The molecule has 1 unspecified atom stereocenters. The Bertz CT molecular complexity index is 504. The van der Waals surface area contributed by atoms with Gasteiger partial charge in [0.15, 0.2) is 0 Å². The second kappa shape index (κ2) is 5.63. The first-order valence-electron chi connectivity index (χ1n) is 6.31. The van der Waals surface area contributed by atoms with E-state index in [1.807, 2.05) is 29.8 Å². The fourth-order valence-electron chi connectivity index (χ4n) is 2.27. The number of nitrogens with one attached hydrogen (secondary N) is 1. The molecule has 2 nitrogen and oxygen atoms in total. The van der Waals surface area contributed by atoms with Gasteiger partial charge in [-0.25, -0.2) is 0 Å². The maximum absolute atomic E-state index is 4.17. The van der Waals surface area contributed by atoms with Gasteiger partial charge in [0.1, 0.15) is 0 Å². The molecule has 0 radical (unpaired) electrons. The first kappa shape index (κ1) is 13.2. The first-order valence-corrected chi connectivity index (χ1v) is 7.12. The van der Waals surface area contributed by atoms with Gasteiger partial charge in [-0.2, -0.15) is 0 Å². The number of hydrogen-bond donors (Lipinski definition) is 1. The zero-order valence-corrected chi connectivity index (χ0v) is 12.2. The highest BCUT2D eigenvalue weighted by Crippen LogP contribution is 2.27. The van der Waals surface area contributed by atoms with E-state index in [1.165, 1.54) is 20.9 Å². The number of pyridine rings is 1. The Morgan fingerprint density at radius 1 is 1.22 bits per heavy atom. The third kappa shape index (κ3) is 2.98. The van der Waals surface area contributed by atoms with Gasteiger partial charge in [-0.3, -0.25) is 4.98 Å². The molecule has 0 saturated heterocycles. The lowest BCUT2D eigenvalue weighted by Gasteiger charge is -2.20. The van der Waals surface area contributed by atoms with Gasteiger partial charge < -0.3 is 5.32 Å². The van der Waals surface area contributed by atoms with Gasteiger partial charge in [0.05, 0.1) is 0 Å². The van der Waals surface area contributed by atoms with Crippen molar-refractivity contribution in [2.24, 2.45) is 0 Å². The Morgan fingerprint density at radius 2 is 2.00 bits per heavy atom. The first-order chi connectivity index (χ1) is 8.58. The summed E-state index contributed by atoms with van der Waals surface area (Å²) in [7, 11) is 0. The molecular weight excluding hydrogens is 240 g/mol. The van der Waals surface area contributed by atoms with Crippen molar-refractivity contribution in [1.82, 2.24) is 10.3 Å². The molecule has 2 atom stereocenters. The summed E-state index contributed by atoms with van der Waals surface area (Å²) in [5.74, 6) is 0. The maximum atomic E-state index is 4.17. The minimum atomic E-state index is 0.313. The minimum absolute atomic E-state index is 0.313. The van der Waals surface area contributed by atoms with Crippen LogP contribution in [0.2, 0.25) is 0 Å². The van der Waals surface area contributed by atoms with Gasteiger partial charge in [-0.05, 0) is 51.0 Å². The molecule has 0 amide bonds. The van der Waals surface area contributed by atoms with E-state index in [0.29, 0.717) is 12.1 Å². The summed E-state index contributed by atoms with van der Waals surface area (Å²) in [5.41, 5.74) is 2.64. The normalized spacial score (nSPS) is 14.4. The van der Waals surface area contributed by atoms with Crippen LogP contribution in [0.5, 0.6) is 0 Å². The minimum Gasteiger partial charge on any atom is -0.304 e. The predicted molar refractivity (Wildman–Crippen MR) is 78.0 cm³/mol. The molecule has 0 fully saturated rings. The number of thiophene rings is 1. The lowest BCUT2D eigenvalue weighted by Crippen LogP contribution is -2.22. The van der Waals surface area contributed by atoms with Gasteiger partial charge in [0, 0.05) is 34.2 Å². The Labute approximate surface area is 113 Å². The maximum Gasteiger partial charge on any atom is 0.0315 e. The molecule has 96 valence electrons. The smallest absolute Gasteiger partial charge is 0.0315 e. The zero-order valence-electron chi connectivity index (χ0n) is 11.4. The van der Waals surface area contributed by atoms with Crippen molar-refractivity contribution in [3.8, 4) is 0 Å². The van der Waals surface area contributed by atoms with Crippen LogP contribution in [-0.2, 0) is 0 Å². The molecule has 0 aliphatic heterocycles. The number of hydrogen-bond acceptors (Lipinski definition) is 3. The topological polar surface area (TPSA) is 24.9 Å². The summed E-state index contributed by atoms with van der Waals surface area (Å²) < 4.78 is 0. The third-order valence-electron chi connectivity index (χ3n) is 3.23. The molecule has 0 aliphatic rings. The van der Waals surface area contributed by atoms with Crippen LogP contribution in [0, 0.1) is 13.8 Å². The Morgan fingerprint density at radius 3 is 2.56 bits per heavy atom. The average molecular weight is 260 g/mol. The summed E-state index contributed by atoms with van der Waals surface area (Å²) in [6.45, 7) is 8.77. The van der Waals surface area contributed by atoms with E-state index in [2.05, 4.69) is 50.1 Å². The largest absolute Gasteiger partial charge is 0.304 e. The molecule has 0 aromatic carbocycles. The Kier molecular flexibility index (Phi) is 4.15. The molecule has 0 saturated carbocycles.